The maximum absolute atomic E-state index is 12.2. The van der Waals surface area contributed by atoms with Gasteiger partial charge in [0.15, 0.2) is 0 Å². The summed E-state index contributed by atoms with van der Waals surface area (Å²) in [5.74, 6) is -4.34. The van der Waals surface area contributed by atoms with E-state index in [9.17, 15) is 28.8 Å². The van der Waals surface area contributed by atoms with Crippen molar-refractivity contribution in [3.63, 3.8) is 0 Å². The minimum Gasteiger partial charge on any atom is -0.460 e. The van der Waals surface area contributed by atoms with Gasteiger partial charge in [-0.3, -0.25) is 0 Å². The zero-order chi connectivity index (χ0) is 45.5. The van der Waals surface area contributed by atoms with Crippen LogP contribution < -0.4 is 9.72 Å². The van der Waals surface area contributed by atoms with Gasteiger partial charge in [-0.25, -0.2) is 28.8 Å². The monoisotopic (exact) mass is 911 g/mol. The summed E-state index contributed by atoms with van der Waals surface area (Å²) in [5, 5.41) is 0. The first kappa shape index (κ1) is 54.0. The van der Waals surface area contributed by atoms with Crippen LogP contribution >= 0.6 is 23.7 Å². The molecule has 0 saturated heterocycles. The highest BCUT2D eigenvalue weighted by Gasteiger charge is 2.70. The number of carbonyl (C=O) groups excluding carboxylic acids is 6. The molecule has 21 nitrogen and oxygen atoms in total. The maximum atomic E-state index is 12.2. The lowest BCUT2D eigenvalue weighted by Crippen LogP contribution is -2.38. The summed E-state index contributed by atoms with van der Waals surface area (Å²) in [7, 11) is -12.3. The van der Waals surface area contributed by atoms with Crippen LogP contribution in [0.1, 0.15) is 41.5 Å². The zero-order valence-electron chi connectivity index (χ0n) is 34.9. The van der Waals surface area contributed by atoms with Crippen LogP contribution in [0.25, 0.3) is 0 Å². The molecule has 1 aliphatic heterocycles. The van der Waals surface area contributed by atoms with Crippen LogP contribution in [-0.4, -0.2) is 115 Å². The molecule has 1 aliphatic rings. The van der Waals surface area contributed by atoms with Crippen LogP contribution in [-0.2, 0) is 84.3 Å². The molecular formula is C36H56N3O18P3+2. The van der Waals surface area contributed by atoms with E-state index in [2.05, 4.69) is 49.2 Å². The molecule has 0 spiro atoms. The van der Waals surface area contributed by atoms with Gasteiger partial charge in [0.1, 0.15) is 66.1 Å². The van der Waals surface area contributed by atoms with Gasteiger partial charge < -0.3 is 37.5 Å². The predicted molar refractivity (Wildman–Crippen MR) is 220 cm³/mol. The molecule has 0 radical (unpaired) electrons. The Morgan fingerprint density at radius 2 is 0.667 bits per heavy atom. The maximum Gasteiger partial charge on any atom is 0.525 e. The predicted octanol–water partition coefficient (Wildman–Crippen LogP) is 5.30. The number of carbonyl (C=O) groups is 6. The van der Waals surface area contributed by atoms with E-state index in [1.54, 1.807) is 0 Å². The quantitative estimate of drug-likeness (QED) is 0.0305. The van der Waals surface area contributed by atoms with Crippen molar-refractivity contribution in [3.05, 3.63) is 72.9 Å². The fraction of sp³-hybridized carbons (Fsp3) is 0.500. The van der Waals surface area contributed by atoms with Crippen LogP contribution in [0.3, 0.4) is 0 Å². The van der Waals surface area contributed by atoms with Crippen LogP contribution in [0, 0.1) is 0 Å². The van der Waals surface area contributed by atoms with Gasteiger partial charge >= 0.3 is 59.5 Å². The number of hydrogen-bond acceptors (Lipinski definition) is 21. The minimum atomic E-state index is -4.14. The van der Waals surface area contributed by atoms with E-state index >= 15 is 0 Å². The van der Waals surface area contributed by atoms with Crippen molar-refractivity contribution < 1.29 is 84.3 Å². The largest absolute Gasteiger partial charge is 0.525 e. The molecular weight excluding hydrogens is 855 g/mol. The van der Waals surface area contributed by atoms with E-state index in [4.69, 9.17) is 60.1 Å². The first-order valence-electron chi connectivity index (χ1n) is 17.9. The number of nitrogens with one attached hydrogen (secondary N) is 2. The standard InChI is InChI=1S/C36H56N3O18P3/c1-25(2)31(40)46-13-19-52-58(53-20-14-47-32(41)26(3)4)37-59(54-21-15-48-33(42)27(5)6,55-22-16-49-34(43)28(7)8)39-60(38-58,56-23-17-50-35(44)29(9)10)57-24-18-51-36(45)30(11)12/h37-38H,1,3,5,7,9,11,13-24H2,2,4,6,8,10,12H3/q+2. The summed E-state index contributed by atoms with van der Waals surface area (Å²) in [5.41, 5.74) is 0.659. The number of ether oxygens (including phenoxy) is 6. The highest BCUT2D eigenvalue weighted by Crippen LogP contribution is 2.81. The van der Waals surface area contributed by atoms with Crippen LogP contribution in [0.2, 0.25) is 0 Å². The first-order chi connectivity index (χ1) is 28.1. The number of esters is 6. The van der Waals surface area contributed by atoms with E-state index in [-0.39, 0.29) is 86.3 Å². The molecule has 0 bridgehead atoms. The highest BCUT2D eigenvalue weighted by atomic mass is 31.3. The molecule has 336 valence electrons. The molecule has 0 unspecified atom stereocenters. The van der Waals surface area contributed by atoms with Crippen molar-refractivity contribution in [1.82, 2.24) is 9.72 Å². The summed E-state index contributed by atoms with van der Waals surface area (Å²) >= 11 is 0. The average molecular weight is 912 g/mol. The molecule has 1 rings (SSSR count). The summed E-state index contributed by atoms with van der Waals surface area (Å²) in [6.07, 6.45) is 0. The van der Waals surface area contributed by atoms with E-state index < -0.39 is 85.9 Å². The van der Waals surface area contributed by atoms with Crippen molar-refractivity contribution in [3.8, 4) is 0 Å². The third-order valence-electron chi connectivity index (χ3n) is 6.35. The molecule has 0 aliphatic carbocycles. The Hall–Kier alpha value is -3.97. The smallest absolute Gasteiger partial charge is 0.460 e. The number of rotatable bonds is 30. The summed E-state index contributed by atoms with van der Waals surface area (Å²) < 4.78 is 73.5. The van der Waals surface area contributed by atoms with Gasteiger partial charge in [-0.15, -0.1) is 0 Å². The molecule has 2 N–H and O–H groups in total. The molecule has 0 aromatic heterocycles. The SMILES string of the molecule is C=C(C)C(=O)OCCOP1(OCCOC(=O)C(=C)C)=N[P+](OCCOC(=O)C(=C)C)(OCCOC(=O)C(=C)C)N[P+](OCCOC(=O)C(=C)C)(OCCOC(=O)C(=C)C)N1. The van der Waals surface area contributed by atoms with Gasteiger partial charge in [0.25, 0.3) is 0 Å². The van der Waals surface area contributed by atoms with Gasteiger partial charge in [0, 0.05) is 38.0 Å². The normalized spacial score (nSPS) is 14.6. The highest BCUT2D eigenvalue weighted by molar-refractivity contribution is 7.88. The molecule has 0 fully saturated rings. The second-order valence-corrected chi connectivity index (χ2v) is 19.4. The first-order valence-corrected chi connectivity index (χ1v) is 22.7. The lowest BCUT2D eigenvalue weighted by molar-refractivity contribution is -0.140. The number of hydrogen-bond donors (Lipinski definition) is 2. The van der Waals surface area contributed by atoms with Crippen LogP contribution in [0.4, 0.5) is 0 Å². The Morgan fingerprint density at radius 1 is 0.417 bits per heavy atom. The minimum absolute atomic E-state index is 0.109. The van der Waals surface area contributed by atoms with Gasteiger partial charge in [0.05, 0.1) is 18.1 Å². The van der Waals surface area contributed by atoms with Gasteiger partial charge in [-0.05, 0) is 46.4 Å². The van der Waals surface area contributed by atoms with E-state index in [0.717, 1.165) is 0 Å². The zero-order valence-corrected chi connectivity index (χ0v) is 37.5. The Bertz CT molecular complexity index is 1610. The van der Waals surface area contributed by atoms with Gasteiger partial charge in [-0.1, -0.05) is 39.5 Å². The van der Waals surface area contributed by atoms with Crippen molar-refractivity contribution in [2.45, 2.75) is 41.5 Å². The second-order valence-electron chi connectivity index (χ2n) is 12.4. The van der Waals surface area contributed by atoms with Crippen molar-refractivity contribution in [1.29, 1.82) is 0 Å². The Morgan fingerprint density at radius 3 is 0.933 bits per heavy atom. The van der Waals surface area contributed by atoms with Gasteiger partial charge in [0.2, 0.25) is 0 Å². The topological polar surface area (TPSA) is 250 Å². The fourth-order valence-corrected chi connectivity index (χ4v) is 13.9. The van der Waals surface area contributed by atoms with E-state index in [1.807, 2.05) is 0 Å². The molecule has 0 aromatic carbocycles. The van der Waals surface area contributed by atoms with Gasteiger partial charge in [-0.2, -0.15) is 18.1 Å². The fourth-order valence-electron chi connectivity index (χ4n) is 3.52. The van der Waals surface area contributed by atoms with E-state index in [1.165, 1.54) is 41.5 Å². The number of nitrogens with zero attached hydrogens (tertiary/aromatic N) is 1. The Balaban J connectivity index is 3.95. The van der Waals surface area contributed by atoms with E-state index in [0.29, 0.717) is 0 Å². The average Bonchev–Trinajstić information content (AvgIpc) is 3.18. The Labute approximate surface area is 351 Å². The lowest BCUT2D eigenvalue weighted by atomic mass is 10.4. The molecule has 0 atom stereocenters. The third kappa shape index (κ3) is 20.5. The molecule has 60 heavy (non-hydrogen) atoms. The van der Waals surface area contributed by atoms with Crippen molar-refractivity contribution in [2.24, 2.45) is 4.52 Å². The van der Waals surface area contributed by atoms with Crippen molar-refractivity contribution >= 4 is 59.5 Å². The lowest BCUT2D eigenvalue weighted by Gasteiger charge is -2.34. The summed E-state index contributed by atoms with van der Waals surface area (Å²) in [6, 6.07) is 0. The van der Waals surface area contributed by atoms with Crippen LogP contribution in [0.5, 0.6) is 0 Å². The summed E-state index contributed by atoms with van der Waals surface area (Å²) in [6.45, 7) is 25.6. The third-order valence-corrected chi connectivity index (χ3v) is 15.6. The molecule has 0 amide bonds. The summed E-state index contributed by atoms with van der Waals surface area (Å²) in [4.78, 5) is 79.4. The molecule has 24 heteroatoms. The second kappa shape index (κ2) is 27.1. The van der Waals surface area contributed by atoms with Crippen LogP contribution in [0.15, 0.2) is 77.4 Å². The molecule has 0 saturated carbocycles. The molecule has 1 heterocycles. The van der Waals surface area contributed by atoms with Crippen molar-refractivity contribution in [2.75, 3.05) is 79.3 Å². The molecule has 0 aromatic rings. The Kier molecular flexibility index (Phi) is 24.4.